The van der Waals surface area contributed by atoms with E-state index in [1.54, 1.807) is 13.0 Å². The van der Waals surface area contributed by atoms with E-state index in [1.807, 2.05) is 0 Å². The fraction of sp³-hybridized carbons (Fsp3) is 0.214. The first-order valence-corrected chi connectivity index (χ1v) is 6.47. The number of alkyl halides is 3. The lowest BCUT2D eigenvalue weighted by atomic mass is 10.2. The quantitative estimate of drug-likeness (QED) is 0.581. The van der Waals surface area contributed by atoms with Crippen LogP contribution in [0.5, 0.6) is 0 Å². The molecule has 0 aliphatic carbocycles. The van der Waals surface area contributed by atoms with Crippen molar-refractivity contribution in [3.05, 3.63) is 52.9 Å². The molecule has 0 amide bonds. The normalized spacial score (nSPS) is 11.5. The van der Waals surface area contributed by atoms with Gasteiger partial charge in [0.25, 0.3) is 0 Å². The average molecular weight is 319 g/mol. The largest absolute Gasteiger partial charge is 0.416 e. The molecule has 0 aliphatic heterocycles. The number of hydrogen-bond donors (Lipinski definition) is 0. The first kappa shape index (κ1) is 15.6. The smallest absolute Gasteiger partial charge is 0.324 e. The van der Waals surface area contributed by atoms with E-state index >= 15 is 0 Å². The number of aromatic nitrogens is 1. The molecule has 0 saturated carbocycles. The van der Waals surface area contributed by atoms with Gasteiger partial charge in [-0.2, -0.15) is 13.2 Å². The monoisotopic (exact) mass is 318 g/mol. The topological polar surface area (TPSA) is 16.1 Å². The summed E-state index contributed by atoms with van der Waals surface area (Å²) in [5.74, 6) is -0.600. The summed E-state index contributed by atoms with van der Waals surface area (Å²) in [5.41, 5.74) is -0.782. The Bertz CT molecular complexity index is 643. The van der Waals surface area contributed by atoms with Crippen LogP contribution in [0.25, 0.3) is 0 Å². The van der Waals surface area contributed by atoms with Crippen LogP contribution in [0.2, 0.25) is 5.15 Å². The maximum Gasteiger partial charge on any atom is 0.416 e. The van der Waals surface area contributed by atoms with Crippen molar-refractivity contribution >= 4 is 23.1 Å². The fourth-order valence-corrected chi connectivity index (χ4v) is 2.12. The molecule has 0 N–H and O–H groups in total. The van der Waals surface area contributed by atoms with Gasteiger partial charge in [-0.05, 0) is 31.2 Å². The van der Waals surface area contributed by atoms with Gasteiger partial charge in [-0.25, -0.2) is 9.37 Å². The number of pyridine rings is 1. The molecule has 1 heterocycles. The molecule has 0 spiro atoms. The third-order valence-electron chi connectivity index (χ3n) is 2.84. The van der Waals surface area contributed by atoms with E-state index < -0.39 is 17.6 Å². The lowest BCUT2D eigenvalue weighted by Crippen LogP contribution is -2.19. The first-order chi connectivity index (χ1) is 9.82. The molecule has 21 heavy (non-hydrogen) atoms. The molecule has 2 nitrogen and oxygen atoms in total. The third-order valence-corrected chi connectivity index (χ3v) is 3.04. The molecule has 7 heteroatoms. The number of para-hydroxylation sites is 1. The zero-order valence-electron chi connectivity index (χ0n) is 11.0. The van der Waals surface area contributed by atoms with Gasteiger partial charge in [0, 0.05) is 6.54 Å². The van der Waals surface area contributed by atoms with Crippen molar-refractivity contribution in [2.24, 2.45) is 0 Å². The molecule has 0 atom stereocenters. The highest BCUT2D eigenvalue weighted by Crippen LogP contribution is 2.35. The van der Waals surface area contributed by atoms with E-state index in [0.717, 1.165) is 12.1 Å². The standard InChI is InChI=1S/C14H11ClF4N2/c1-2-21(11-6-4-3-5-10(11)16)13-8-9(14(17,18)19)7-12(15)20-13/h3-8H,2H2,1H3. The summed E-state index contributed by atoms with van der Waals surface area (Å²) in [6.45, 7) is 1.92. The van der Waals surface area contributed by atoms with Crippen molar-refractivity contribution in [3.8, 4) is 0 Å². The van der Waals surface area contributed by atoms with Gasteiger partial charge in [0.2, 0.25) is 0 Å². The Balaban J connectivity index is 2.53. The number of rotatable bonds is 3. The van der Waals surface area contributed by atoms with E-state index in [4.69, 9.17) is 11.6 Å². The molecule has 0 fully saturated rings. The molecule has 0 saturated heterocycles. The average Bonchev–Trinajstić information content (AvgIpc) is 2.40. The summed E-state index contributed by atoms with van der Waals surface area (Å²) in [7, 11) is 0. The molecular formula is C14H11ClF4N2. The second-order valence-electron chi connectivity index (χ2n) is 4.23. The van der Waals surface area contributed by atoms with Crippen LogP contribution in [0, 0.1) is 5.82 Å². The molecule has 0 aliphatic rings. The molecule has 112 valence electrons. The van der Waals surface area contributed by atoms with Gasteiger partial charge < -0.3 is 4.90 Å². The van der Waals surface area contributed by atoms with Crippen molar-refractivity contribution in [1.82, 2.24) is 4.98 Å². The summed E-state index contributed by atoms with van der Waals surface area (Å²) in [6.07, 6.45) is -4.55. The summed E-state index contributed by atoms with van der Waals surface area (Å²) in [6, 6.07) is 7.37. The number of halogens is 5. The van der Waals surface area contributed by atoms with E-state index in [-0.39, 0.29) is 23.2 Å². The Morgan fingerprint density at radius 3 is 2.43 bits per heavy atom. The molecule has 2 rings (SSSR count). The lowest BCUT2D eigenvalue weighted by Gasteiger charge is -2.23. The molecule has 1 aromatic heterocycles. The lowest BCUT2D eigenvalue weighted by molar-refractivity contribution is -0.137. The molecule has 0 bridgehead atoms. The van der Waals surface area contributed by atoms with E-state index in [0.29, 0.717) is 0 Å². The second-order valence-corrected chi connectivity index (χ2v) is 4.62. The van der Waals surface area contributed by atoms with Gasteiger partial charge in [0.05, 0.1) is 11.3 Å². The minimum Gasteiger partial charge on any atom is -0.324 e. The third kappa shape index (κ3) is 3.44. The number of benzene rings is 1. The van der Waals surface area contributed by atoms with Gasteiger partial charge in [0.1, 0.15) is 16.8 Å². The van der Waals surface area contributed by atoms with Gasteiger partial charge in [0.15, 0.2) is 0 Å². The Labute approximate surface area is 124 Å². The number of anilines is 2. The highest BCUT2D eigenvalue weighted by molar-refractivity contribution is 6.29. The summed E-state index contributed by atoms with van der Waals surface area (Å²) in [5, 5.41) is -0.297. The van der Waals surface area contributed by atoms with Gasteiger partial charge in [-0.15, -0.1) is 0 Å². The van der Waals surface area contributed by atoms with Crippen LogP contribution in [0.4, 0.5) is 29.1 Å². The maximum absolute atomic E-state index is 13.8. The zero-order valence-corrected chi connectivity index (χ0v) is 11.7. The molecule has 0 radical (unpaired) electrons. The predicted molar refractivity (Wildman–Crippen MR) is 73.3 cm³/mol. The summed E-state index contributed by atoms with van der Waals surface area (Å²) >= 11 is 5.65. The minimum absolute atomic E-state index is 0.0533. The fourth-order valence-electron chi connectivity index (χ4n) is 1.91. The Hall–Kier alpha value is -1.82. The van der Waals surface area contributed by atoms with Gasteiger partial charge in [-0.1, -0.05) is 23.7 Å². The van der Waals surface area contributed by atoms with Crippen LogP contribution < -0.4 is 4.90 Å². The number of hydrogen-bond acceptors (Lipinski definition) is 2. The second kappa shape index (κ2) is 5.89. The molecule has 0 unspecified atom stereocenters. The molecule has 2 aromatic rings. The first-order valence-electron chi connectivity index (χ1n) is 6.09. The van der Waals surface area contributed by atoms with Crippen LogP contribution in [0.15, 0.2) is 36.4 Å². The Morgan fingerprint density at radius 1 is 1.19 bits per heavy atom. The van der Waals surface area contributed by atoms with E-state index in [2.05, 4.69) is 4.98 Å². The maximum atomic E-state index is 13.8. The SMILES string of the molecule is CCN(c1cc(C(F)(F)F)cc(Cl)n1)c1ccccc1F. The van der Waals surface area contributed by atoms with Gasteiger partial charge >= 0.3 is 6.18 Å². The summed E-state index contributed by atoms with van der Waals surface area (Å²) < 4.78 is 52.3. The van der Waals surface area contributed by atoms with Crippen molar-refractivity contribution in [2.45, 2.75) is 13.1 Å². The van der Waals surface area contributed by atoms with Crippen LogP contribution in [0.1, 0.15) is 12.5 Å². The predicted octanol–water partition coefficient (Wildman–Crippen LogP) is 5.05. The minimum atomic E-state index is -4.55. The van der Waals surface area contributed by atoms with Crippen molar-refractivity contribution in [2.75, 3.05) is 11.4 Å². The van der Waals surface area contributed by atoms with Crippen molar-refractivity contribution in [3.63, 3.8) is 0 Å². The van der Waals surface area contributed by atoms with Crippen LogP contribution in [0.3, 0.4) is 0 Å². The van der Waals surface area contributed by atoms with Crippen molar-refractivity contribution in [1.29, 1.82) is 0 Å². The Morgan fingerprint density at radius 2 is 1.86 bits per heavy atom. The zero-order chi connectivity index (χ0) is 15.6. The van der Waals surface area contributed by atoms with Crippen LogP contribution in [-0.4, -0.2) is 11.5 Å². The summed E-state index contributed by atoms with van der Waals surface area (Å²) in [4.78, 5) is 5.19. The number of nitrogens with zero attached hydrogens (tertiary/aromatic N) is 2. The molecular weight excluding hydrogens is 308 g/mol. The van der Waals surface area contributed by atoms with Crippen LogP contribution >= 0.6 is 11.6 Å². The molecule has 1 aromatic carbocycles. The van der Waals surface area contributed by atoms with E-state index in [9.17, 15) is 17.6 Å². The van der Waals surface area contributed by atoms with E-state index in [1.165, 1.54) is 23.1 Å². The highest BCUT2D eigenvalue weighted by atomic mass is 35.5. The Kier molecular flexibility index (Phi) is 4.37. The van der Waals surface area contributed by atoms with Crippen molar-refractivity contribution < 1.29 is 17.6 Å². The van der Waals surface area contributed by atoms with Crippen LogP contribution in [-0.2, 0) is 6.18 Å². The highest BCUT2D eigenvalue weighted by Gasteiger charge is 2.32. The van der Waals surface area contributed by atoms with Gasteiger partial charge in [-0.3, -0.25) is 0 Å².